The molecular formula is C19H20F2N6O2S. The van der Waals surface area contributed by atoms with Crippen LogP contribution in [0.1, 0.15) is 36.1 Å². The van der Waals surface area contributed by atoms with Crippen LogP contribution in [0.3, 0.4) is 0 Å². The molecule has 0 aliphatic rings. The van der Waals surface area contributed by atoms with Crippen molar-refractivity contribution >= 4 is 34.6 Å². The average Bonchev–Trinajstić information content (AvgIpc) is 3.04. The van der Waals surface area contributed by atoms with Crippen molar-refractivity contribution in [2.45, 2.75) is 40.2 Å². The van der Waals surface area contributed by atoms with E-state index in [4.69, 9.17) is 4.74 Å². The lowest BCUT2D eigenvalue weighted by Crippen LogP contribution is -2.14. The monoisotopic (exact) mass is 434 g/mol. The summed E-state index contributed by atoms with van der Waals surface area (Å²) in [5.41, 5.74) is 1.52. The number of aromatic nitrogens is 4. The average molecular weight is 434 g/mol. The fourth-order valence-corrected chi connectivity index (χ4v) is 3.09. The highest BCUT2D eigenvalue weighted by Crippen LogP contribution is 2.31. The van der Waals surface area contributed by atoms with Gasteiger partial charge in [-0.25, -0.2) is 19.9 Å². The van der Waals surface area contributed by atoms with Crippen molar-refractivity contribution in [1.29, 1.82) is 0 Å². The predicted octanol–water partition coefficient (Wildman–Crippen LogP) is 4.34. The molecule has 30 heavy (non-hydrogen) atoms. The Morgan fingerprint density at radius 3 is 2.60 bits per heavy atom. The van der Waals surface area contributed by atoms with E-state index < -0.39 is 11.7 Å². The lowest BCUT2D eigenvalue weighted by Gasteiger charge is -2.15. The molecule has 0 atom stereocenters. The summed E-state index contributed by atoms with van der Waals surface area (Å²) >= 11 is 1.50. The van der Waals surface area contributed by atoms with Crippen LogP contribution in [0, 0.1) is 13.8 Å². The molecular weight excluding hydrogens is 414 g/mol. The van der Waals surface area contributed by atoms with Crippen LogP contribution in [-0.4, -0.2) is 25.8 Å². The number of aryl methyl sites for hydroxylation is 2. The Kier molecular flexibility index (Phi) is 6.20. The number of rotatable bonds is 7. The van der Waals surface area contributed by atoms with Gasteiger partial charge in [-0.3, -0.25) is 4.79 Å². The molecule has 0 unspecified atom stereocenters. The third-order valence-electron chi connectivity index (χ3n) is 3.72. The van der Waals surface area contributed by atoms with Crippen LogP contribution in [0.2, 0.25) is 0 Å². The summed E-state index contributed by atoms with van der Waals surface area (Å²) in [7, 11) is 0. The van der Waals surface area contributed by atoms with Crippen molar-refractivity contribution in [3.8, 4) is 5.75 Å². The van der Waals surface area contributed by atoms with Gasteiger partial charge in [-0.2, -0.15) is 8.78 Å². The fraction of sp³-hybridized carbons (Fsp3) is 0.316. The smallest absolute Gasteiger partial charge is 0.303 e. The summed E-state index contributed by atoms with van der Waals surface area (Å²) in [6.45, 7) is 5.77. The van der Waals surface area contributed by atoms with Crippen LogP contribution in [0.25, 0.3) is 0 Å². The molecule has 11 heteroatoms. The third-order valence-corrected chi connectivity index (χ3v) is 4.55. The highest BCUT2D eigenvalue weighted by Gasteiger charge is 2.29. The zero-order chi connectivity index (χ0) is 21.9. The predicted molar refractivity (Wildman–Crippen MR) is 109 cm³/mol. The lowest BCUT2D eigenvalue weighted by molar-refractivity contribution is -0.114. The zero-order valence-corrected chi connectivity index (χ0v) is 17.6. The van der Waals surface area contributed by atoms with Crippen LogP contribution >= 0.6 is 11.3 Å². The second-order valence-corrected chi connectivity index (χ2v) is 7.69. The lowest BCUT2D eigenvalue weighted by atomic mass is 10.3. The van der Waals surface area contributed by atoms with Crippen LogP contribution in [0.4, 0.5) is 26.1 Å². The molecule has 0 aliphatic heterocycles. The molecule has 2 N–H and O–H groups in total. The molecule has 3 aromatic rings. The van der Waals surface area contributed by atoms with Crippen LogP contribution in [-0.2, 0) is 17.3 Å². The molecule has 3 aromatic heterocycles. The largest absolute Gasteiger partial charge is 0.483 e. The number of alkyl halides is 2. The summed E-state index contributed by atoms with van der Waals surface area (Å²) < 4.78 is 33.2. The van der Waals surface area contributed by atoms with Gasteiger partial charge in [-0.15, -0.1) is 11.3 Å². The number of halogens is 2. The van der Waals surface area contributed by atoms with Gasteiger partial charge in [0.25, 0.3) is 0 Å². The molecule has 0 saturated carbocycles. The maximum Gasteiger partial charge on any atom is 0.303 e. The molecule has 0 bridgehead atoms. The number of carbonyl (C=O) groups is 1. The quantitative estimate of drug-likeness (QED) is 0.570. The van der Waals surface area contributed by atoms with E-state index >= 15 is 0 Å². The van der Waals surface area contributed by atoms with E-state index in [1.807, 2.05) is 12.3 Å². The van der Waals surface area contributed by atoms with E-state index in [1.165, 1.54) is 36.6 Å². The topological polar surface area (TPSA) is 102 Å². The summed E-state index contributed by atoms with van der Waals surface area (Å²) in [6, 6.07) is 3.06. The Morgan fingerprint density at radius 1 is 1.20 bits per heavy atom. The minimum Gasteiger partial charge on any atom is -0.483 e. The van der Waals surface area contributed by atoms with Gasteiger partial charge in [0.15, 0.2) is 5.75 Å². The number of pyridine rings is 1. The van der Waals surface area contributed by atoms with Gasteiger partial charge >= 0.3 is 5.92 Å². The summed E-state index contributed by atoms with van der Waals surface area (Å²) in [6.07, 6.45) is 1.43. The molecule has 0 fully saturated rings. The molecule has 0 radical (unpaired) electrons. The van der Waals surface area contributed by atoms with Crippen LogP contribution in [0.5, 0.6) is 5.75 Å². The Labute approximate surface area is 175 Å². The first-order chi connectivity index (χ1) is 14.1. The maximum absolute atomic E-state index is 13.7. The number of ether oxygens (including phenoxy) is 1. The van der Waals surface area contributed by atoms with Crippen molar-refractivity contribution in [2.75, 3.05) is 10.6 Å². The molecule has 0 saturated heterocycles. The van der Waals surface area contributed by atoms with Crippen LogP contribution in [0.15, 0.2) is 23.7 Å². The second-order valence-electron chi connectivity index (χ2n) is 6.62. The normalized spacial score (nSPS) is 11.3. The Hall–Kier alpha value is -3.21. The second kappa shape index (κ2) is 8.66. The van der Waals surface area contributed by atoms with Gasteiger partial charge in [0.05, 0.1) is 22.6 Å². The van der Waals surface area contributed by atoms with Crippen molar-refractivity contribution in [3.05, 3.63) is 45.9 Å². The summed E-state index contributed by atoms with van der Waals surface area (Å²) in [5, 5.41) is 8.33. The highest BCUT2D eigenvalue weighted by atomic mass is 32.1. The van der Waals surface area contributed by atoms with E-state index in [0.717, 1.165) is 17.6 Å². The molecule has 0 aromatic carbocycles. The van der Waals surface area contributed by atoms with Gasteiger partial charge in [-0.05, 0) is 13.8 Å². The Balaban J connectivity index is 1.92. The first-order valence-corrected chi connectivity index (χ1v) is 9.80. The number of nitrogens with zero attached hydrogens (tertiary/aromatic N) is 4. The molecule has 0 spiro atoms. The first kappa shape index (κ1) is 21.5. The Morgan fingerprint density at radius 2 is 1.97 bits per heavy atom. The number of hydrogen-bond acceptors (Lipinski definition) is 8. The van der Waals surface area contributed by atoms with Crippen molar-refractivity contribution < 1.29 is 18.3 Å². The van der Waals surface area contributed by atoms with E-state index in [-0.39, 0.29) is 24.1 Å². The fourth-order valence-electron chi connectivity index (χ4n) is 2.50. The van der Waals surface area contributed by atoms with Gasteiger partial charge in [0, 0.05) is 37.1 Å². The van der Waals surface area contributed by atoms with Gasteiger partial charge < -0.3 is 15.4 Å². The van der Waals surface area contributed by atoms with Crippen LogP contribution < -0.4 is 15.4 Å². The van der Waals surface area contributed by atoms with E-state index in [2.05, 4.69) is 30.6 Å². The number of nitrogens with one attached hydrogen (secondary N) is 2. The minimum atomic E-state index is -3.19. The van der Waals surface area contributed by atoms with Crippen molar-refractivity contribution in [1.82, 2.24) is 19.9 Å². The number of anilines is 3. The molecule has 0 aliphatic carbocycles. The molecule has 8 nitrogen and oxygen atoms in total. The minimum absolute atomic E-state index is 0.161. The SMILES string of the molecule is CC(=O)Nc1cc(Nc2cc(C)nc(C(C)(F)F)n2)c(OCc2csc(C)n2)cn1. The van der Waals surface area contributed by atoms with Crippen molar-refractivity contribution in [3.63, 3.8) is 0 Å². The number of thiazole rings is 1. The zero-order valence-electron chi connectivity index (χ0n) is 16.8. The standard InChI is InChI=1S/C19H20F2N6O2S/c1-10-5-17(27-18(23-10)19(4,20)21)26-14-6-16(24-11(2)28)22-7-15(14)29-8-13-9-30-12(3)25-13/h5-7,9H,8H2,1-4H3,(H2,22,23,24,26,27,28). The van der Waals surface area contributed by atoms with E-state index in [1.54, 1.807) is 6.92 Å². The summed E-state index contributed by atoms with van der Waals surface area (Å²) in [4.78, 5) is 27.6. The van der Waals surface area contributed by atoms with Gasteiger partial charge in [0.2, 0.25) is 11.7 Å². The number of hydrogen-bond donors (Lipinski definition) is 2. The van der Waals surface area contributed by atoms with E-state index in [0.29, 0.717) is 17.1 Å². The molecule has 1 amide bonds. The molecule has 3 heterocycles. The van der Waals surface area contributed by atoms with Crippen molar-refractivity contribution in [2.24, 2.45) is 0 Å². The van der Waals surface area contributed by atoms with Gasteiger partial charge in [-0.1, -0.05) is 0 Å². The Bertz CT molecular complexity index is 1070. The summed E-state index contributed by atoms with van der Waals surface area (Å²) in [5.74, 6) is -3.31. The highest BCUT2D eigenvalue weighted by molar-refractivity contribution is 7.09. The number of carbonyl (C=O) groups excluding carboxylic acids is 1. The number of amides is 1. The third kappa shape index (κ3) is 5.66. The molecule has 3 rings (SSSR count). The molecule has 158 valence electrons. The first-order valence-electron chi connectivity index (χ1n) is 8.92. The van der Waals surface area contributed by atoms with E-state index in [9.17, 15) is 13.6 Å². The maximum atomic E-state index is 13.7. The van der Waals surface area contributed by atoms with Gasteiger partial charge in [0.1, 0.15) is 18.2 Å².